The highest BCUT2D eigenvalue weighted by atomic mass is 16.2. The summed E-state index contributed by atoms with van der Waals surface area (Å²) in [6.45, 7) is 6.87. The summed E-state index contributed by atoms with van der Waals surface area (Å²) < 4.78 is 1.74. The Balaban J connectivity index is 1.48. The van der Waals surface area contributed by atoms with E-state index < -0.39 is 0 Å². The van der Waals surface area contributed by atoms with E-state index in [-0.39, 0.29) is 18.5 Å². The predicted molar refractivity (Wildman–Crippen MR) is 110 cm³/mol. The molecule has 0 aliphatic carbocycles. The van der Waals surface area contributed by atoms with Crippen LogP contribution in [0, 0.1) is 17.2 Å². The molecular formula is C20H26N8O. The number of amides is 1. The molecule has 2 aromatic rings. The normalized spacial score (nSPS) is 21.8. The number of benzene rings is 1. The van der Waals surface area contributed by atoms with E-state index in [2.05, 4.69) is 44.7 Å². The fourth-order valence-corrected chi connectivity index (χ4v) is 4.01. The molecule has 2 saturated heterocycles. The highest BCUT2D eigenvalue weighted by Crippen LogP contribution is 2.27. The molecule has 9 nitrogen and oxygen atoms in total. The summed E-state index contributed by atoms with van der Waals surface area (Å²) in [5.74, 6) is 0.753. The van der Waals surface area contributed by atoms with E-state index >= 15 is 0 Å². The topological polar surface area (TPSA) is 102 Å². The van der Waals surface area contributed by atoms with Crippen LogP contribution < -0.4 is 20.4 Å². The summed E-state index contributed by atoms with van der Waals surface area (Å²) in [5, 5.41) is 19.3. The molecule has 0 bridgehead atoms. The number of anilines is 2. The predicted octanol–water partition coefficient (Wildman–Crippen LogP) is 0.531. The van der Waals surface area contributed by atoms with Crippen molar-refractivity contribution in [3.63, 3.8) is 0 Å². The smallest absolute Gasteiger partial charge is 0.245 e. The third-order valence-electron chi connectivity index (χ3n) is 5.49. The second-order valence-electron chi connectivity index (χ2n) is 7.63. The van der Waals surface area contributed by atoms with Crippen LogP contribution in [0.4, 0.5) is 11.6 Å². The van der Waals surface area contributed by atoms with Crippen molar-refractivity contribution in [2.75, 3.05) is 49.1 Å². The molecule has 9 heteroatoms. The minimum Gasteiger partial charge on any atom is -0.369 e. The number of nitrogens with zero attached hydrogens (tertiary/aromatic N) is 6. The molecule has 4 rings (SSSR count). The monoisotopic (exact) mass is 394 g/mol. The van der Waals surface area contributed by atoms with Crippen LogP contribution in [0.25, 0.3) is 5.69 Å². The first-order valence-corrected chi connectivity index (χ1v) is 10.0. The summed E-state index contributed by atoms with van der Waals surface area (Å²) >= 11 is 0. The first-order valence-electron chi connectivity index (χ1n) is 10.0. The van der Waals surface area contributed by atoms with E-state index in [0.717, 1.165) is 44.8 Å². The number of nitrogens with one attached hydrogen (secondary N) is 2. The van der Waals surface area contributed by atoms with Crippen molar-refractivity contribution in [1.29, 1.82) is 5.26 Å². The molecular weight excluding hydrogens is 368 g/mol. The summed E-state index contributed by atoms with van der Waals surface area (Å²) in [7, 11) is 0. The van der Waals surface area contributed by atoms with Gasteiger partial charge in [0.1, 0.15) is 18.9 Å². The number of aromatic nitrogens is 3. The number of nitriles is 1. The lowest BCUT2D eigenvalue weighted by molar-refractivity contribution is -0.122. The van der Waals surface area contributed by atoms with E-state index in [1.807, 2.05) is 23.1 Å². The Morgan fingerprint density at radius 2 is 2.00 bits per heavy atom. The van der Waals surface area contributed by atoms with Gasteiger partial charge in [-0.15, -0.1) is 5.10 Å². The zero-order valence-corrected chi connectivity index (χ0v) is 16.6. The van der Waals surface area contributed by atoms with Crippen molar-refractivity contribution < 1.29 is 4.79 Å². The Hall–Kier alpha value is -3.12. The van der Waals surface area contributed by atoms with E-state index in [0.29, 0.717) is 11.9 Å². The summed E-state index contributed by atoms with van der Waals surface area (Å²) in [5.41, 5.74) is 2.14. The molecule has 0 saturated carbocycles. The highest BCUT2D eigenvalue weighted by Gasteiger charge is 2.36. The fraction of sp³-hybridized carbons (Fsp3) is 0.500. The molecule has 2 N–H and O–H groups in total. The van der Waals surface area contributed by atoms with Gasteiger partial charge in [0, 0.05) is 38.4 Å². The van der Waals surface area contributed by atoms with E-state index in [9.17, 15) is 4.79 Å². The zero-order valence-electron chi connectivity index (χ0n) is 16.6. The van der Waals surface area contributed by atoms with Crippen LogP contribution >= 0.6 is 0 Å². The van der Waals surface area contributed by atoms with Gasteiger partial charge in [0.25, 0.3) is 0 Å². The van der Waals surface area contributed by atoms with Crippen molar-refractivity contribution >= 4 is 17.5 Å². The van der Waals surface area contributed by atoms with Gasteiger partial charge in [0.2, 0.25) is 11.9 Å². The lowest BCUT2D eigenvalue weighted by atomic mass is 10.1. The standard InChI is InChI=1S/C20H26N8O/c1-15-12-18(19(29)23-7-6-21)27(13-15)20-24-14-28(25-20)17-4-2-16(3-5-17)26-10-8-22-9-11-26/h2-5,14-15,18,22H,7-13H2,1H3,(H,23,29)/t15-,18-/m0/s1. The number of piperazine rings is 1. The number of carbonyl (C=O) groups excluding carboxylic acids is 1. The molecule has 1 aromatic carbocycles. The maximum Gasteiger partial charge on any atom is 0.245 e. The number of hydrogen-bond donors (Lipinski definition) is 2. The van der Waals surface area contributed by atoms with Crippen LogP contribution in [-0.4, -0.2) is 66.0 Å². The Labute approximate surface area is 170 Å². The second-order valence-corrected chi connectivity index (χ2v) is 7.63. The Kier molecular flexibility index (Phi) is 5.62. The van der Waals surface area contributed by atoms with Crippen molar-refractivity contribution in [1.82, 2.24) is 25.4 Å². The molecule has 3 heterocycles. The second kappa shape index (κ2) is 8.49. The van der Waals surface area contributed by atoms with Crippen LogP contribution in [0.15, 0.2) is 30.6 Å². The number of hydrogen-bond acceptors (Lipinski definition) is 7. The molecule has 1 aromatic heterocycles. The first-order chi connectivity index (χ1) is 14.2. The van der Waals surface area contributed by atoms with Gasteiger partial charge in [-0.25, -0.2) is 4.68 Å². The Bertz CT molecular complexity index is 881. The van der Waals surface area contributed by atoms with Gasteiger partial charge in [-0.2, -0.15) is 10.2 Å². The largest absolute Gasteiger partial charge is 0.369 e. The van der Waals surface area contributed by atoms with E-state index in [4.69, 9.17) is 5.26 Å². The van der Waals surface area contributed by atoms with Crippen LogP contribution in [0.3, 0.4) is 0 Å². The Morgan fingerprint density at radius 1 is 1.28 bits per heavy atom. The average Bonchev–Trinajstić information content (AvgIpc) is 3.39. The third-order valence-corrected chi connectivity index (χ3v) is 5.49. The highest BCUT2D eigenvalue weighted by molar-refractivity contribution is 5.85. The summed E-state index contributed by atoms with van der Waals surface area (Å²) in [4.78, 5) is 21.2. The minimum atomic E-state index is -0.343. The summed E-state index contributed by atoms with van der Waals surface area (Å²) in [6.07, 6.45) is 2.41. The Morgan fingerprint density at radius 3 is 2.72 bits per heavy atom. The molecule has 2 aliphatic heterocycles. The molecule has 0 radical (unpaired) electrons. The molecule has 2 fully saturated rings. The molecule has 0 spiro atoms. The molecule has 29 heavy (non-hydrogen) atoms. The van der Waals surface area contributed by atoms with Gasteiger partial charge in [-0.05, 0) is 36.6 Å². The number of carbonyl (C=O) groups is 1. The molecule has 2 atom stereocenters. The van der Waals surface area contributed by atoms with Crippen molar-refractivity contribution in [2.24, 2.45) is 5.92 Å². The van der Waals surface area contributed by atoms with Gasteiger partial charge in [0.15, 0.2) is 0 Å². The molecule has 0 unspecified atom stereocenters. The van der Waals surface area contributed by atoms with E-state index in [1.54, 1.807) is 11.0 Å². The van der Waals surface area contributed by atoms with Crippen LogP contribution in [0.5, 0.6) is 0 Å². The summed E-state index contributed by atoms with van der Waals surface area (Å²) in [6, 6.07) is 9.91. The minimum absolute atomic E-state index is 0.0128. The molecule has 2 aliphatic rings. The molecule has 1 amide bonds. The third kappa shape index (κ3) is 4.17. The van der Waals surface area contributed by atoms with Crippen molar-refractivity contribution in [3.05, 3.63) is 30.6 Å². The maximum atomic E-state index is 12.4. The van der Waals surface area contributed by atoms with Crippen LogP contribution in [0.2, 0.25) is 0 Å². The zero-order chi connectivity index (χ0) is 20.2. The van der Waals surface area contributed by atoms with E-state index in [1.165, 1.54) is 5.69 Å². The first kappa shape index (κ1) is 19.2. The van der Waals surface area contributed by atoms with Crippen molar-refractivity contribution in [3.8, 4) is 11.8 Å². The average molecular weight is 394 g/mol. The van der Waals surface area contributed by atoms with Gasteiger partial charge in [-0.3, -0.25) is 4.79 Å². The van der Waals surface area contributed by atoms with Crippen LogP contribution in [0.1, 0.15) is 13.3 Å². The lowest BCUT2D eigenvalue weighted by Crippen LogP contribution is -2.44. The van der Waals surface area contributed by atoms with Gasteiger partial charge in [-0.1, -0.05) is 6.92 Å². The van der Waals surface area contributed by atoms with Gasteiger partial charge >= 0.3 is 0 Å². The van der Waals surface area contributed by atoms with Crippen molar-refractivity contribution in [2.45, 2.75) is 19.4 Å². The fourth-order valence-electron chi connectivity index (χ4n) is 4.01. The van der Waals surface area contributed by atoms with Gasteiger partial charge in [0.05, 0.1) is 11.8 Å². The quantitative estimate of drug-likeness (QED) is 0.713. The maximum absolute atomic E-state index is 12.4. The lowest BCUT2D eigenvalue weighted by Gasteiger charge is -2.29. The SMILES string of the molecule is C[C@H]1C[C@@H](C(=O)NCC#N)N(c2ncn(-c3ccc(N4CCNCC4)cc3)n2)C1. The van der Waals surface area contributed by atoms with Gasteiger partial charge < -0.3 is 20.4 Å². The molecule has 152 valence electrons. The van der Waals surface area contributed by atoms with Crippen LogP contribution in [-0.2, 0) is 4.79 Å². The number of rotatable bonds is 5.